The molecule has 2 aromatic rings. The highest BCUT2D eigenvalue weighted by Gasteiger charge is 2.55. The normalized spacial score (nSPS) is 26.0. The number of halogens is 2. The van der Waals surface area contributed by atoms with Crippen LogP contribution in [0.4, 0.5) is 9.18 Å². The van der Waals surface area contributed by atoms with Crippen LogP contribution in [-0.4, -0.2) is 76.7 Å². The van der Waals surface area contributed by atoms with Crippen molar-refractivity contribution in [1.82, 2.24) is 24.9 Å². The molecular weight excluding hydrogens is 445 g/mol. The lowest BCUT2D eigenvalue weighted by molar-refractivity contribution is -0.140. The molecular formula is C24H27ClFN5O2. The van der Waals surface area contributed by atoms with Crippen LogP contribution in [0.1, 0.15) is 17.5 Å². The van der Waals surface area contributed by atoms with Gasteiger partial charge in [-0.05, 0) is 30.5 Å². The van der Waals surface area contributed by atoms with Crippen molar-refractivity contribution in [2.24, 2.45) is 0 Å². The highest BCUT2D eigenvalue weighted by molar-refractivity contribution is 6.31. The fourth-order valence-corrected chi connectivity index (χ4v) is 5.35. The van der Waals surface area contributed by atoms with E-state index in [1.807, 2.05) is 18.2 Å². The zero-order valence-electron chi connectivity index (χ0n) is 18.5. The minimum atomic E-state index is -0.527. The Kier molecular flexibility index (Phi) is 6.09. The molecule has 1 N–H and O–H groups in total. The molecule has 5 rings (SSSR count). The number of amides is 3. The third-order valence-electron chi connectivity index (χ3n) is 6.88. The lowest BCUT2D eigenvalue weighted by Gasteiger charge is -2.43. The van der Waals surface area contributed by atoms with Crippen LogP contribution in [0.2, 0.25) is 5.02 Å². The summed E-state index contributed by atoms with van der Waals surface area (Å²) >= 11 is 6.17. The van der Waals surface area contributed by atoms with Gasteiger partial charge in [-0.25, -0.2) is 9.18 Å². The van der Waals surface area contributed by atoms with E-state index in [0.717, 1.165) is 37.4 Å². The Balaban J connectivity index is 1.36. The number of nitrogens with zero attached hydrogens (tertiary/aromatic N) is 4. The number of hydrogen-bond donors (Lipinski definition) is 1. The molecule has 0 saturated carbocycles. The smallest absolute Gasteiger partial charge is 0.310 e. The lowest BCUT2D eigenvalue weighted by atomic mass is 10.1. The van der Waals surface area contributed by atoms with Crippen molar-refractivity contribution in [3.8, 4) is 0 Å². The number of likely N-dealkylation sites (N-methyl/N-ethyl adjacent to an activating group) is 1. The maximum Gasteiger partial charge on any atom is 0.328 e. The van der Waals surface area contributed by atoms with Crippen LogP contribution in [0.3, 0.4) is 0 Å². The fraction of sp³-hybridized carbons (Fsp3) is 0.417. The van der Waals surface area contributed by atoms with Crippen LogP contribution in [-0.2, 0) is 17.8 Å². The summed E-state index contributed by atoms with van der Waals surface area (Å²) in [4.78, 5) is 33.8. The number of rotatable bonds is 5. The Morgan fingerprint density at radius 2 is 1.88 bits per heavy atom. The Morgan fingerprint density at radius 3 is 2.64 bits per heavy atom. The number of benzene rings is 2. The first-order chi connectivity index (χ1) is 16.0. The molecule has 0 radical (unpaired) electrons. The highest BCUT2D eigenvalue weighted by atomic mass is 35.5. The van der Waals surface area contributed by atoms with E-state index in [1.165, 1.54) is 17.7 Å². The molecule has 9 heteroatoms. The van der Waals surface area contributed by atoms with E-state index in [0.29, 0.717) is 0 Å². The molecule has 0 spiro atoms. The molecule has 7 nitrogen and oxygen atoms in total. The number of fused-ring (bicyclic) bond motifs is 3. The number of nitrogens with one attached hydrogen (secondary N) is 1. The molecule has 3 atom stereocenters. The first kappa shape index (κ1) is 22.3. The molecule has 3 amide bonds. The predicted octanol–water partition coefficient (Wildman–Crippen LogP) is 2.71. The number of carbonyl (C=O) groups excluding carboxylic acids is 2. The van der Waals surface area contributed by atoms with E-state index in [1.54, 1.807) is 18.0 Å². The van der Waals surface area contributed by atoms with Crippen molar-refractivity contribution < 1.29 is 14.0 Å². The number of urea groups is 1. The number of carbonyl (C=O) groups is 2. The van der Waals surface area contributed by atoms with Gasteiger partial charge in [0, 0.05) is 37.3 Å². The van der Waals surface area contributed by atoms with Crippen molar-refractivity contribution in [2.45, 2.75) is 37.9 Å². The van der Waals surface area contributed by atoms with Gasteiger partial charge in [0.2, 0.25) is 0 Å². The maximum absolute atomic E-state index is 14.4. The summed E-state index contributed by atoms with van der Waals surface area (Å²) in [5, 5.41) is 3.71. The monoisotopic (exact) mass is 471 g/mol. The van der Waals surface area contributed by atoms with E-state index in [-0.39, 0.29) is 29.3 Å². The predicted molar refractivity (Wildman–Crippen MR) is 123 cm³/mol. The number of hydrogen-bond acceptors (Lipinski definition) is 5. The van der Waals surface area contributed by atoms with E-state index in [9.17, 15) is 14.0 Å². The minimum absolute atomic E-state index is 0.131. The van der Waals surface area contributed by atoms with Crippen molar-refractivity contribution in [3.63, 3.8) is 0 Å². The topological polar surface area (TPSA) is 59.1 Å². The second-order valence-electron chi connectivity index (χ2n) is 8.81. The van der Waals surface area contributed by atoms with Crippen molar-refractivity contribution in [3.05, 3.63) is 70.5 Å². The second-order valence-corrected chi connectivity index (χ2v) is 9.22. The average molecular weight is 472 g/mol. The summed E-state index contributed by atoms with van der Waals surface area (Å²) in [7, 11) is 1.68. The largest absolute Gasteiger partial charge is 0.328 e. The summed E-state index contributed by atoms with van der Waals surface area (Å²) in [6.45, 7) is 2.33. The SMILES string of the molecule is CN1C(=O)N(Cc2c(F)cccc2Cl)C(=O)C2C1NC1N(CCc3ccccc3)CCCN21. The minimum Gasteiger partial charge on any atom is -0.310 e. The van der Waals surface area contributed by atoms with Gasteiger partial charge in [-0.3, -0.25) is 24.8 Å². The summed E-state index contributed by atoms with van der Waals surface area (Å²) < 4.78 is 14.4. The number of imide groups is 1. The van der Waals surface area contributed by atoms with Gasteiger partial charge in [0.1, 0.15) is 24.3 Å². The van der Waals surface area contributed by atoms with E-state index in [4.69, 9.17) is 11.6 Å². The average Bonchev–Trinajstić information content (AvgIpc) is 3.22. The van der Waals surface area contributed by atoms with E-state index in [2.05, 4.69) is 27.2 Å². The third kappa shape index (κ3) is 4.01. The third-order valence-corrected chi connectivity index (χ3v) is 7.23. The van der Waals surface area contributed by atoms with Crippen LogP contribution in [0.25, 0.3) is 0 Å². The maximum atomic E-state index is 14.4. The van der Waals surface area contributed by atoms with E-state index < -0.39 is 24.1 Å². The molecule has 3 saturated heterocycles. The molecule has 3 unspecified atom stereocenters. The first-order valence-corrected chi connectivity index (χ1v) is 11.6. The van der Waals surface area contributed by atoms with Gasteiger partial charge in [-0.15, -0.1) is 0 Å². The molecule has 3 heterocycles. The van der Waals surface area contributed by atoms with Gasteiger partial charge < -0.3 is 4.90 Å². The van der Waals surface area contributed by atoms with Crippen LogP contribution in [0.15, 0.2) is 48.5 Å². The molecule has 3 aliphatic rings. The van der Waals surface area contributed by atoms with Crippen LogP contribution < -0.4 is 5.32 Å². The first-order valence-electron chi connectivity index (χ1n) is 11.3. The summed E-state index contributed by atoms with van der Waals surface area (Å²) in [5.41, 5.74) is 1.42. The van der Waals surface area contributed by atoms with Crippen molar-refractivity contribution in [1.29, 1.82) is 0 Å². The Bertz CT molecular complexity index is 1030. The molecule has 33 heavy (non-hydrogen) atoms. The molecule has 0 bridgehead atoms. The standard InChI is InChI=1S/C24H27ClFN5O2/c1-28-21-20(22(32)31(24(28)33)15-17-18(25)9-5-10-19(17)26)30-13-6-12-29(23(30)27-21)14-11-16-7-3-2-4-8-16/h2-5,7-10,20-21,23,27H,6,11-15H2,1H3. The molecule has 174 valence electrons. The zero-order chi connectivity index (χ0) is 23.1. The Morgan fingerprint density at radius 1 is 1.09 bits per heavy atom. The molecule has 2 aromatic carbocycles. The quantitative estimate of drug-likeness (QED) is 0.726. The van der Waals surface area contributed by atoms with Gasteiger partial charge >= 0.3 is 6.03 Å². The van der Waals surface area contributed by atoms with Gasteiger partial charge in [-0.1, -0.05) is 48.0 Å². The zero-order valence-corrected chi connectivity index (χ0v) is 19.2. The van der Waals surface area contributed by atoms with Crippen molar-refractivity contribution >= 4 is 23.5 Å². The summed E-state index contributed by atoms with van der Waals surface area (Å²) in [6, 6.07) is 13.7. The lowest BCUT2D eigenvalue weighted by Crippen LogP contribution is -2.66. The van der Waals surface area contributed by atoms with E-state index >= 15 is 0 Å². The fourth-order valence-electron chi connectivity index (χ4n) is 5.13. The molecule has 3 fully saturated rings. The highest BCUT2D eigenvalue weighted by Crippen LogP contribution is 2.32. The molecule has 0 aliphatic carbocycles. The second kappa shape index (κ2) is 9.02. The molecule has 0 aromatic heterocycles. The van der Waals surface area contributed by atoms with Gasteiger partial charge in [0.25, 0.3) is 5.91 Å². The van der Waals surface area contributed by atoms with Gasteiger partial charge in [-0.2, -0.15) is 0 Å². The van der Waals surface area contributed by atoms with Gasteiger partial charge in [0.05, 0.1) is 6.54 Å². The van der Waals surface area contributed by atoms with Crippen molar-refractivity contribution in [2.75, 3.05) is 26.7 Å². The van der Waals surface area contributed by atoms with Crippen LogP contribution in [0, 0.1) is 5.82 Å². The summed E-state index contributed by atoms with van der Waals surface area (Å²) in [5.74, 6) is -0.845. The molecule has 3 aliphatic heterocycles. The summed E-state index contributed by atoms with van der Waals surface area (Å²) in [6.07, 6.45) is 1.27. The van der Waals surface area contributed by atoms with Crippen LogP contribution >= 0.6 is 11.6 Å². The Hall–Kier alpha value is -2.52. The Labute approximate surface area is 197 Å². The van der Waals surface area contributed by atoms with Gasteiger partial charge in [0.15, 0.2) is 0 Å². The van der Waals surface area contributed by atoms with Crippen LogP contribution in [0.5, 0.6) is 0 Å².